The first-order valence-electron chi connectivity index (χ1n) is 8.11. The molecule has 3 heterocycles. The molecule has 1 saturated heterocycles. The summed E-state index contributed by atoms with van der Waals surface area (Å²) in [5.41, 5.74) is 2.91. The van der Waals surface area contributed by atoms with Gasteiger partial charge in [-0.2, -0.15) is 0 Å². The molecule has 0 unspecified atom stereocenters. The number of nitrogens with zero attached hydrogens (tertiary/aromatic N) is 4. The van der Waals surface area contributed by atoms with Gasteiger partial charge >= 0.3 is 0 Å². The Kier molecular flexibility index (Phi) is 3.72. The summed E-state index contributed by atoms with van der Waals surface area (Å²) in [6, 6.07) is 8.07. The van der Waals surface area contributed by atoms with Crippen LogP contribution < -0.4 is 10.2 Å². The Labute approximate surface area is 144 Å². The molecule has 0 spiro atoms. The van der Waals surface area contributed by atoms with Crippen LogP contribution in [0.15, 0.2) is 24.3 Å². The number of aromatic nitrogens is 3. The Balaban J connectivity index is 1.53. The standard InChI is InChI=1S/C17H19N5OS/c1-11-15(24-17-20-19-12(2)22(11)17)16(23)18-13-5-7-14(8-6-13)21-9-3-4-10-21/h5-8H,3-4,9-10H2,1-2H3,(H,18,23). The predicted molar refractivity (Wildman–Crippen MR) is 96.2 cm³/mol. The Morgan fingerprint density at radius 3 is 2.50 bits per heavy atom. The van der Waals surface area contributed by atoms with Crippen molar-refractivity contribution in [3.05, 3.63) is 40.7 Å². The highest BCUT2D eigenvalue weighted by atomic mass is 32.1. The van der Waals surface area contributed by atoms with Crippen molar-refractivity contribution in [1.29, 1.82) is 0 Å². The van der Waals surface area contributed by atoms with Gasteiger partial charge in [0.15, 0.2) is 0 Å². The molecule has 6 nitrogen and oxygen atoms in total. The van der Waals surface area contributed by atoms with E-state index in [-0.39, 0.29) is 5.91 Å². The topological polar surface area (TPSA) is 62.5 Å². The molecule has 1 fully saturated rings. The molecule has 0 bridgehead atoms. The minimum atomic E-state index is -0.101. The lowest BCUT2D eigenvalue weighted by Gasteiger charge is -2.17. The van der Waals surface area contributed by atoms with Crippen LogP contribution in [0.3, 0.4) is 0 Å². The lowest BCUT2D eigenvalue weighted by Crippen LogP contribution is -2.17. The van der Waals surface area contributed by atoms with Gasteiger partial charge in [-0.1, -0.05) is 11.3 Å². The maximum atomic E-state index is 12.6. The number of aryl methyl sites for hydroxylation is 2. The van der Waals surface area contributed by atoms with Crippen molar-refractivity contribution in [3.63, 3.8) is 0 Å². The molecule has 1 aromatic carbocycles. The van der Waals surface area contributed by atoms with Crippen LogP contribution in [0.5, 0.6) is 0 Å². The molecule has 0 radical (unpaired) electrons. The fourth-order valence-electron chi connectivity index (χ4n) is 3.19. The Morgan fingerprint density at radius 2 is 1.83 bits per heavy atom. The van der Waals surface area contributed by atoms with Crippen LogP contribution in [0.25, 0.3) is 4.96 Å². The number of hydrogen-bond acceptors (Lipinski definition) is 5. The zero-order valence-electron chi connectivity index (χ0n) is 13.7. The van der Waals surface area contributed by atoms with E-state index < -0.39 is 0 Å². The first-order valence-corrected chi connectivity index (χ1v) is 8.92. The number of carbonyl (C=O) groups excluding carboxylic acids is 1. The van der Waals surface area contributed by atoms with Crippen molar-refractivity contribution in [1.82, 2.24) is 14.6 Å². The average molecular weight is 341 g/mol. The first kappa shape index (κ1) is 15.1. The van der Waals surface area contributed by atoms with Crippen LogP contribution in [-0.2, 0) is 0 Å². The highest BCUT2D eigenvalue weighted by Gasteiger charge is 2.19. The molecule has 3 aromatic rings. The summed E-state index contributed by atoms with van der Waals surface area (Å²) in [6.45, 7) is 6.05. The molecule has 0 atom stereocenters. The highest BCUT2D eigenvalue weighted by Crippen LogP contribution is 2.25. The first-order chi connectivity index (χ1) is 11.6. The fourth-order valence-corrected chi connectivity index (χ4v) is 4.20. The number of anilines is 2. The van der Waals surface area contributed by atoms with Crippen molar-refractivity contribution in [3.8, 4) is 0 Å². The summed E-state index contributed by atoms with van der Waals surface area (Å²) in [4.78, 5) is 16.4. The fraction of sp³-hybridized carbons (Fsp3) is 0.353. The quantitative estimate of drug-likeness (QED) is 0.794. The van der Waals surface area contributed by atoms with Crippen LogP contribution in [0.1, 0.15) is 34.0 Å². The van der Waals surface area contributed by atoms with Gasteiger partial charge in [0.05, 0.1) is 0 Å². The minimum Gasteiger partial charge on any atom is -0.372 e. The molecule has 0 aliphatic carbocycles. The molecule has 4 rings (SSSR count). The predicted octanol–water partition coefficient (Wildman–Crippen LogP) is 3.26. The average Bonchev–Trinajstić information content (AvgIpc) is 3.28. The number of amides is 1. The number of hydrogen-bond donors (Lipinski definition) is 1. The maximum Gasteiger partial charge on any atom is 0.267 e. The van der Waals surface area contributed by atoms with Crippen molar-refractivity contribution >= 4 is 33.6 Å². The van der Waals surface area contributed by atoms with E-state index in [2.05, 4.69) is 32.5 Å². The maximum absolute atomic E-state index is 12.6. The van der Waals surface area contributed by atoms with Gasteiger partial charge in [0, 0.05) is 30.2 Å². The van der Waals surface area contributed by atoms with Gasteiger partial charge in [-0.25, -0.2) is 0 Å². The van der Waals surface area contributed by atoms with Crippen LogP contribution in [0.2, 0.25) is 0 Å². The third kappa shape index (κ3) is 2.54. The normalized spacial score (nSPS) is 14.5. The molecule has 1 aliphatic heterocycles. The van der Waals surface area contributed by atoms with E-state index in [1.54, 1.807) is 0 Å². The molecular weight excluding hydrogens is 322 g/mol. The Hall–Kier alpha value is -2.41. The number of rotatable bonds is 3. The second kappa shape index (κ2) is 5.90. The van der Waals surface area contributed by atoms with Gasteiger partial charge < -0.3 is 10.2 Å². The van der Waals surface area contributed by atoms with Crippen LogP contribution >= 0.6 is 11.3 Å². The van der Waals surface area contributed by atoms with E-state index in [0.29, 0.717) is 4.88 Å². The van der Waals surface area contributed by atoms with E-state index in [0.717, 1.165) is 35.3 Å². The van der Waals surface area contributed by atoms with Crippen molar-refractivity contribution in [2.75, 3.05) is 23.3 Å². The smallest absolute Gasteiger partial charge is 0.267 e. The lowest BCUT2D eigenvalue weighted by molar-refractivity contribution is 0.102. The van der Waals surface area contributed by atoms with Gasteiger partial charge in [0.1, 0.15) is 10.7 Å². The van der Waals surface area contributed by atoms with Crippen LogP contribution in [0.4, 0.5) is 11.4 Å². The minimum absolute atomic E-state index is 0.101. The zero-order chi connectivity index (χ0) is 16.7. The van der Waals surface area contributed by atoms with Gasteiger partial charge in [0.2, 0.25) is 4.96 Å². The molecule has 1 amide bonds. The summed E-state index contributed by atoms with van der Waals surface area (Å²) >= 11 is 1.36. The number of fused-ring (bicyclic) bond motifs is 1. The molecule has 124 valence electrons. The SMILES string of the molecule is Cc1nnc2sc(C(=O)Nc3ccc(N4CCCC4)cc3)c(C)n12. The van der Waals surface area contributed by atoms with Crippen molar-refractivity contribution in [2.45, 2.75) is 26.7 Å². The monoisotopic (exact) mass is 341 g/mol. The Morgan fingerprint density at radius 1 is 1.12 bits per heavy atom. The van der Waals surface area contributed by atoms with Gasteiger partial charge in [-0.05, 0) is 51.0 Å². The summed E-state index contributed by atoms with van der Waals surface area (Å²) < 4.78 is 1.91. The van der Waals surface area contributed by atoms with Gasteiger partial charge in [0.25, 0.3) is 5.91 Å². The number of benzene rings is 1. The molecule has 1 N–H and O–H groups in total. The highest BCUT2D eigenvalue weighted by molar-refractivity contribution is 7.19. The third-order valence-electron chi connectivity index (χ3n) is 4.46. The lowest BCUT2D eigenvalue weighted by atomic mass is 10.2. The summed E-state index contributed by atoms with van der Waals surface area (Å²) in [7, 11) is 0. The molecule has 0 saturated carbocycles. The third-order valence-corrected chi connectivity index (χ3v) is 5.59. The number of nitrogens with one attached hydrogen (secondary N) is 1. The summed E-state index contributed by atoms with van der Waals surface area (Å²) in [5.74, 6) is 0.698. The van der Waals surface area contributed by atoms with Gasteiger partial charge in [-0.3, -0.25) is 9.20 Å². The zero-order valence-corrected chi connectivity index (χ0v) is 14.6. The molecule has 1 aliphatic rings. The second-order valence-electron chi connectivity index (χ2n) is 6.08. The molecule has 7 heteroatoms. The van der Waals surface area contributed by atoms with E-state index in [4.69, 9.17) is 0 Å². The van der Waals surface area contributed by atoms with E-state index >= 15 is 0 Å². The van der Waals surface area contributed by atoms with E-state index in [1.165, 1.54) is 29.9 Å². The van der Waals surface area contributed by atoms with Crippen molar-refractivity contribution in [2.24, 2.45) is 0 Å². The Bertz CT molecular complexity index is 890. The largest absolute Gasteiger partial charge is 0.372 e. The van der Waals surface area contributed by atoms with Gasteiger partial charge in [-0.15, -0.1) is 10.2 Å². The van der Waals surface area contributed by atoms with E-state index in [9.17, 15) is 4.79 Å². The van der Waals surface area contributed by atoms with E-state index in [1.807, 2.05) is 30.4 Å². The summed E-state index contributed by atoms with van der Waals surface area (Å²) in [6.07, 6.45) is 2.51. The molecule has 2 aromatic heterocycles. The molecular formula is C17H19N5OS. The van der Waals surface area contributed by atoms with Crippen LogP contribution in [-0.4, -0.2) is 33.6 Å². The van der Waals surface area contributed by atoms with Crippen LogP contribution in [0, 0.1) is 13.8 Å². The summed E-state index contributed by atoms with van der Waals surface area (Å²) in [5, 5.41) is 11.1. The number of thiazole rings is 1. The van der Waals surface area contributed by atoms with Crippen molar-refractivity contribution < 1.29 is 4.79 Å². The second-order valence-corrected chi connectivity index (χ2v) is 7.05. The number of carbonyl (C=O) groups is 1. The molecule has 24 heavy (non-hydrogen) atoms.